The molecule has 18 heavy (non-hydrogen) atoms. The van der Waals surface area contributed by atoms with Crippen LogP contribution < -0.4 is 11.1 Å². The van der Waals surface area contributed by atoms with Gasteiger partial charge in [0.25, 0.3) is 0 Å². The van der Waals surface area contributed by atoms with Crippen molar-refractivity contribution in [3.05, 3.63) is 35.4 Å². The maximum Gasteiger partial charge on any atom is 0.224 e. The van der Waals surface area contributed by atoms with Gasteiger partial charge in [-0.2, -0.15) is 0 Å². The van der Waals surface area contributed by atoms with Gasteiger partial charge in [0.15, 0.2) is 0 Å². The maximum atomic E-state index is 12.1. The zero-order valence-electron chi connectivity index (χ0n) is 11.2. The molecule has 1 fully saturated rings. The maximum absolute atomic E-state index is 12.1. The summed E-state index contributed by atoms with van der Waals surface area (Å²) in [6.07, 6.45) is 2.88. The van der Waals surface area contributed by atoms with E-state index in [1.54, 1.807) is 0 Å². The number of nitrogens with one attached hydrogen (secondary N) is 1. The highest BCUT2D eigenvalue weighted by molar-refractivity contribution is 5.79. The second-order valence-corrected chi connectivity index (χ2v) is 5.69. The lowest BCUT2D eigenvalue weighted by Crippen LogP contribution is -2.45. The van der Waals surface area contributed by atoms with Crippen molar-refractivity contribution in [2.75, 3.05) is 0 Å². The van der Waals surface area contributed by atoms with Gasteiger partial charge in [-0.1, -0.05) is 24.3 Å². The third kappa shape index (κ3) is 3.10. The van der Waals surface area contributed by atoms with Gasteiger partial charge in [-0.15, -0.1) is 0 Å². The Balaban J connectivity index is 1.98. The molecule has 0 bridgehead atoms. The smallest absolute Gasteiger partial charge is 0.224 e. The van der Waals surface area contributed by atoms with Crippen LogP contribution in [0.25, 0.3) is 0 Å². The average molecular weight is 246 g/mol. The molecule has 98 valence electrons. The Labute approximate surface area is 109 Å². The summed E-state index contributed by atoms with van der Waals surface area (Å²) in [5, 5.41) is 3.14. The summed E-state index contributed by atoms with van der Waals surface area (Å²) >= 11 is 0. The number of rotatable bonds is 5. The monoisotopic (exact) mass is 246 g/mol. The number of benzene rings is 1. The first-order valence-electron chi connectivity index (χ1n) is 6.61. The Morgan fingerprint density at radius 3 is 2.50 bits per heavy atom. The lowest BCUT2D eigenvalue weighted by atomic mass is 9.97. The zero-order chi connectivity index (χ0) is 13.2. The Morgan fingerprint density at radius 2 is 1.94 bits per heavy atom. The lowest BCUT2D eigenvalue weighted by Gasteiger charge is -2.26. The minimum atomic E-state index is -0.0747. The first-order chi connectivity index (χ1) is 8.53. The predicted octanol–water partition coefficient (Wildman–Crippen LogP) is 1.99. The van der Waals surface area contributed by atoms with Gasteiger partial charge in [0.1, 0.15) is 0 Å². The van der Waals surface area contributed by atoms with Crippen molar-refractivity contribution < 1.29 is 4.79 Å². The predicted molar refractivity (Wildman–Crippen MR) is 73.0 cm³/mol. The van der Waals surface area contributed by atoms with Gasteiger partial charge >= 0.3 is 0 Å². The van der Waals surface area contributed by atoms with Crippen LogP contribution in [0.2, 0.25) is 0 Å². The number of amides is 1. The summed E-state index contributed by atoms with van der Waals surface area (Å²) in [6, 6.07) is 7.87. The molecule has 2 rings (SSSR count). The molecule has 0 radical (unpaired) electrons. The van der Waals surface area contributed by atoms with E-state index in [0.29, 0.717) is 18.9 Å². The van der Waals surface area contributed by atoms with Crippen LogP contribution in [0.3, 0.4) is 0 Å². The Bertz CT molecular complexity index is 436. The molecule has 3 heteroatoms. The van der Waals surface area contributed by atoms with Gasteiger partial charge in [-0.25, -0.2) is 0 Å². The van der Waals surface area contributed by atoms with Crippen LogP contribution in [0.15, 0.2) is 24.3 Å². The van der Waals surface area contributed by atoms with Crippen molar-refractivity contribution in [2.45, 2.75) is 45.2 Å². The second kappa shape index (κ2) is 5.11. The SMILES string of the molecule is CC(C)(NC(=O)Cc1ccccc1CN)C1CC1. The number of nitrogens with two attached hydrogens (primary N) is 1. The van der Waals surface area contributed by atoms with E-state index in [2.05, 4.69) is 19.2 Å². The normalized spacial score (nSPS) is 15.5. The standard InChI is InChI=1S/C15H22N2O/c1-15(2,13-7-8-13)17-14(18)9-11-5-3-4-6-12(11)10-16/h3-6,13H,7-10,16H2,1-2H3,(H,17,18). The molecule has 1 aromatic rings. The van der Waals surface area contributed by atoms with Crippen LogP contribution in [0.1, 0.15) is 37.8 Å². The van der Waals surface area contributed by atoms with Crippen LogP contribution in [0.4, 0.5) is 0 Å². The van der Waals surface area contributed by atoms with Crippen molar-refractivity contribution in [1.82, 2.24) is 5.32 Å². The van der Waals surface area contributed by atoms with Crippen molar-refractivity contribution >= 4 is 5.91 Å². The third-order valence-electron chi connectivity index (χ3n) is 3.75. The summed E-state index contributed by atoms with van der Waals surface area (Å²) < 4.78 is 0. The molecule has 1 saturated carbocycles. The molecule has 1 aliphatic carbocycles. The molecule has 0 atom stereocenters. The highest BCUT2D eigenvalue weighted by Gasteiger charge is 2.38. The van der Waals surface area contributed by atoms with Crippen LogP contribution in [0, 0.1) is 5.92 Å². The van der Waals surface area contributed by atoms with Gasteiger partial charge in [-0.05, 0) is 43.7 Å². The Kier molecular flexibility index (Phi) is 3.71. The summed E-state index contributed by atoms with van der Waals surface area (Å²) in [5.41, 5.74) is 7.69. The molecule has 3 nitrogen and oxygen atoms in total. The van der Waals surface area contributed by atoms with E-state index >= 15 is 0 Å². The highest BCUT2D eigenvalue weighted by atomic mass is 16.1. The van der Waals surface area contributed by atoms with E-state index < -0.39 is 0 Å². The minimum absolute atomic E-state index is 0.0747. The van der Waals surface area contributed by atoms with Gasteiger partial charge in [-0.3, -0.25) is 4.79 Å². The number of hydrogen-bond acceptors (Lipinski definition) is 2. The summed E-state index contributed by atoms with van der Waals surface area (Å²) in [5.74, 6) is 0.735. The summed E-state index contributed by atoms with van der Waals surface area (Å²) in [4.78, 5) is 12.1. The molecule has 0 heterocycles. The number of carbonyl (C=O) groups excluding carboxylic acids is 1. The topological polar surface area (TPSA) is 55.1 Å². The minimum Gasteiger partial charge on any atom is -0.351 e. The fourth-order valence-corrected chi connectivity index (χ4v) is 2.41. The van der Waals surface area contributed by atoms with E-state index in [1.165, 1.54) is 12.8 Å². The van der Waals surface area contributed by atoms with Gasteiger partial charge < -0.3 is 11.1 Å². The molecule has 3 N–H and O–H groups in total. The van der Waals surface area contributed by atoms with Crippen molar-refractivity contribution in [3.8, 4) is 0 Å². The quantitative estimate of drug-likeness (QED) is 0.835. The van der Waals surface area contributed by atoms with Crippen LogP contribution in [0.5, 0.6) is 0 Å². The molecule has 1 amide bonds. The van der Waals surface area contributed by atoms with Crippen LogP contribution in [-0.2, 0) is 17.8 Å². The molecular weight excluding hydrogens is 224 g/mol. The Morgan fingerprint density at radius 1 is 1.33 bits per heavy atom. The Hall–Kier alpha value is -1.35. The molecule has 0 unspecified atom stereocenters. The second-order valence-electron chi connectivity index (χ2n) is 5.69. The summed E-state index contributed by atoms with van der Waals surface area (Å²) in [6.45, 7) is 4.70. The molecule has 0 saturated heterocycles. The van der Waals surface area contributed by atoms with E-state index in [9.17, 15) is 4.79 Å². The largest absolute Gasteiger partial charge is 0.351 e. The molecular formula is C15H22N2O. The first kappa shape index (κ1) is 13.1. The van der Waals surface area contributed by atoms with Crippen molar-refractivity contribution in [1.29, 1.82) is 0 Å². The highest BCUT2D eigenvalue weighted by Crippen LogP contribution is 2.39. The molecule has 0 aromatic heterocycles. The van der Waals surface area contributed by atoms with Gasteiger partial charge in [0.2, 0.25) is 5.91 Å². The fraction of sp³-hybridized carbons (Fsp3) is 0.533. The summed E-state index contributed by atoms with van der Waals surface area (Å²) in [7, 11) is 0. The lowest BCUT2D eigenvalue weighted by molar-refractivity contribution is -0.122. The van der Waals surface area contributed by atoms with E-state index in [4.69, 9.17) is 5.73 Å². The zero-order valence-corrected chi connectivity index (χ0v) is 11.2. The fourth-order valence-electron chi connectivity index (χ4n) is 2.41. The van der Waals surface area contributed by atoms with Crippen molar-refractivity contribution in [2.24, 2.45) is 11.7 Å². The molecule has 0 spiro atoms. The van der Waals surface area contributed by atoms with Crippen LogP contribution in [-0.4, -0.2) is 11.4 Å². The van der Waals surface area contributed by atoms with Gasteiger partial charge in [0.05, 0.1) is 6.42 Å². The molecule has 1 aliphatic rings. The third-order valence-corrected chi connectivity index (χ3v) is 3.75. The molecule has 1 aromatic carbocycles. The first-order valence-corrected chi connectivity index (χ1v) is 6.61. The van der Waals surface area contributed by atoms with Gasteiger partial charge in [0, 0.05) is 12.1 Å². The van der Waals surface area contributed by atoms with E-state index in [1.807, 2.05) is 24.3 Å². The number of hydrogen-bond donors (Lipinski definition) is 2. The van der Waals surface area contributed by atoms with E-state index in [0.717, 1.165) is 11.1 Å². The van der Waals surface area contributed by atoms with E-state index in [-0.39, 0.29) is 11.4 Å². The number of carbonyl (C=O) groups is 1. The van der Waals surface area contributed by atoms with Crippen LogP contribution >= 0.6 is 0 Å². The average Bonchev–Trinajstić information content (AvgIpc) is 3.12. The molecule has 0 aliphatic heterocycles. The van der Waals surface area contributed by atoms with Crippen molar-refractivity contribution in [3.63, 3.8) is 0 Å².